The van der Waals surface area contributed by atoms with Crippen LogP contribution in [0.5, 0.6) is 0 Å². The summed E-state index contributed by atoms with van der Waals surface area (Å²) < 4.78 is 10.3. The molecule has 0 aliphatic heterocycles. The lowest BCUT2D eigenvalue weighted by Gasteiger charge is -2.30. The molecule has 0 bridgehead atoms. The number of rotatable bonds is 3. The molecule has 0 fully saturated rings. The molecule has 0 heterocycles. The van der Waals surface area contributed by atoms with Crippen LogP contribution in [-0.2, 0) is 19.1 Å². The SMILES string of the molecule is CC(=O)OC1(OC(C)=O)C=CC(c2ccccc2)=CC1. The zero-order valence-corrected chi connectivity index (χ0v) is 11.5. The number of allylic oxidation sites excluding steroid dienone is 2. The summed E-state index contributed by atoms with van der Waals surface area (Å²) in [5, 5.41) is 0. The molecule has 104 valence electrons. The van der Waals surface area contributed by atoms with E-state index in [2.05, 4.69) is 0 Å². The predicted octanol–water partition coefficient (Wildman–Crippen LogP) is 2.85. The summed E-state index contributed by atoms with van der Waals surface area (Å²) in [5.74, 6) is -2.31. The molecular weight excluding hydrogens is 256 g/mol. The van der Waals surface area contributed by atoms with Gasteiger partial charge in [-0.1, -0.05) is 42.5 Å². The smallest absolute Gasteiger partial charge is 0.306 e. The van der Waals surface area contributed by atoms with Crippen LogP contribution in [-0.4, -0.2) is 17.7 Å². The van der Waals surface area contributed by atoms with Gasteiger partial charge < -0.3 is 9.47 Å². The first-order valence-corrected chi connectivity index (χ1v) is 6.35. The van der Waals surface area contributed by atoms with Gasteiger partial charge in [-0.2, -0.15) is 0 Å². The first kappa shape index (κ1) is 14.1. The highest BCUT2D eigenvalue weighted by Crippen LogP contribution is 2.30. The number of benzene rings is 1. The number of hydrogen-bond acceptors (Lipinski definition) is 4. The van der Waals surface area contributed by atoms with E-state index in [1.165, 1.54) is 13.8 Å². The van der Waals surface area contributed by atoms with E-state index in [0.29, 0.717) is 6.42 Å². The molecule has 0 amide bonds. The van der Waals surface area contributed by atoms with Gasteiger partial charge in [0.2, 0.25) is 0 Å². The van der Waals surface area contributed by atoms with Crippen LogP contribution in [0.25, 0.3) is 5.57 Å². The zero-order valence-electron chi connectivity index (χ0n) is 11.5. The number of carbonyl (C=O) groups is 2. The Kier molecular flexibility index (Phi) is 4.03. The summed E-state index contributed by atoms with van der Waals surface area (Å²) in [5.41, 5.74) is 2.06. The first-order chi connectivity index (χ1) is 9.51. The lowest BCUT2D eigenvalue weighted by atomic mass is 9.96. The fourth-order valence-corrected chi connectivity index (χ4v) is 2.11. The standard InChI is InChI=1S/C16H16O4/c1-12(17)19-16(20-13(2)18)10-8-15(9-11-16)14-6-4-3-5-7-14/h3-10H,11H2,1-2H3. The third-order valence-electron chi connectivity index (χ3n) is 2.86. The van der Waals surface area contributed by atoms with Crippen LogP contribution >= 0.6 is 0 Å². The fourth-order valence-electron chi connectivity index (χ4n) is 2.11. The Morgan fingerprint density at radius 2 is 1.65 bits per heavy atom. The van der Waals surface area contributed by atoms with Gasteiger partial charge in [0.05, 0.1) is 0 Å². The van der Waals surface area contributed by atoms with E-state index in [0.717, 1.165) is 11.1 Å². The predicted molar refractivity (Wildman–Crippen MR) is 74.4 cm³/mol. The Morgan fingerprint density at radius 3 is 2.10 bits per heavy atom. The van der Waals surface area contributed by atoms with Gasteiger partial charge in [0, 0.05) is 26.3 Å². The van der Waals surface area contributed by atoms with Crippen molar-refractivity contribution in [1.82, 2.24) is 0 Å². The molecule has 0 N–H and O–H groups in total. The maximum absolute atomic E-state index is 11.2. The Balaban J connectivity index is 2.21. The Hall–Kier alpha value is -2.36. The van der Waals surface area contributed by atoms with Gasteiger partial charge in [-0.15, -0.1) is 0 Å². The summed E-state index contributed by atoms with van der Waals surface area (Å²) in [6.45, 7) is 2.57. The van der Waals surface area contributed by atoms with E-state index < -0.39 is 17.7 Å². The van der Waals surface area contributed by atoms with Crippen LogP contribution in [0.1, 0.15) is 25.8 Å². The quantitative estimate of drug-likeness (QED) is 0.627. The summed E-state index contributed by atoms with van der Waals surface area (Å²) in [6.07, 6.45) is 5.59. The molecule has 2 rings (SSSR count). The van der Waals surface area contributed by atoms with Crippen LogP contribution in [0.3, 0.4) is 0 Å². The molecule has 0 aromatic heterocycles. The van der Waals surface area contributed by atoms with Gasteiger partial charge in [0.1, 0.15) is 0 Å². The molecule has 1 aromatic carbocycles. The number of ether oxygens (including phenoxy) is 2. The highest BCUT2D eigenvalue weighted by Gasteiger charge is 2.35. The maximum Gasteiger partial charge on any atom is 0.306 e. The minimum atomic E-state index is -1.32. The largest absolute Gasteiger partial charge is 0.418 e. The van der Waals surface area contributed by atoms with E-state index >= 15 is 0 Å². The molecule has 4 nitrogen and oxygen atoms in total. The molecule has 20 heavy (non-hydrogen) atoms. The van der Waals surface area contributed by atoms with E-state index in [9.17, 15) is 9.59 Å². The molecule has 1 aliphatic rings. The van der Waals surface area contributed by atoms with Crippen molar-refractivity contribution in [2.24, 2.45) is 0 Å². The van der Waals surface area contributed by atoms with Crippen LogP contribution in [0.2, 0.25) is 0 Å². The van der Waals surface area contributed by atoms with E-state index in [1.54, 1.807) is 12.2 Å². The second kappa shape index (κ2) is 5.74. The zero-order chi connectivity index (χ0) is 14.6. The second-order valence-corrected chi connectivity index (χ2v) is 4.56. The monoisotopic (exact) mass is 272 g/mol. The molecule has 0 unspecified atom stereocenters. The lowest BCUT2D eigenvalue weighted by Crippen LogP contribution is -2.37. The average Bonchev–Trinajstić information content (AvgIpc) is 2.39. The molecule has 1 aromatic rings. The van der Waals surface area contributed by atoms with Crippen molar-refractivity contribution in [2.45, 2.75) is 26.1 Å². The highest BCUT2D eigenvalue weighted by atomic mass is 16.7. The van der Waals surface area contributed by atoms with Crippen molar-refractivity contribution in [1.29, 1.82) is 0 Å². The van der Waals surface area contributed by atoms with E-state index in [4.69, 9.17) is 9.47 Å². The van der Waals surface area contributed by atoms with Crippen molar-refractivity contribution in [2.75, 3.05) is 0 Å². The van der Waals surface area contributed by atoms with Gasteiger partial charge >= 0.3 is 11.9 Å². The average molecular weight is 272 g/mol. The van der Waals surface area contributed by atoms with E-state index in [1.807, 2.05) is 36.4 Å². The highest BCUT2D eigenvalue weighted by molar-refractivity contribution is 5.76. The number of esters is 2. The summed E-state index contributed by atoms with van der Waals surface area (Å²) in [7, 11) is 0. The summed E-state index contributed by atoms with van der Waals surface area (Å²) in [6, 6.07) is 9.81. The Morgan fingerprint density at radius 1 is 1.05 bits per heavy atom. The topological polar surface area (TPSA) is 52.6 Å². The van der Waals surface area contributed by atoms with Gasteiger partial charge in [-0.25, -0.2) is 0 Å². The van der Waals surface area contributed by atoms with Crippen molar-refractivity contribution in [3.8, 4) is 0 Å². The molecule has 4 heteroatoms. The number of carbonyl (C=O) groups excluding carboxylic acids is 2. The third-order valence-corrected chi connectivity index (χ3v) is 2.86. The molecule has 0 radical (unpaired) electrons. The van der Waals surface area contributed by atoms with Crippen molar-refractivity contribution in [3.05, 3.63) is 54.1 Å². The number of hydrogen-bond donors (Lipinski definition) is 0. The molecule has 0 spiro atoms. The van der Waals surface area contributed by atoms with Crippen LogP contribution < -0.4 is 0 Å². The Bertz CT molecular complexity index is 553. The summed E-state index contributed by atoms with van der Waals surface area (Å²) in [4.78, 5) is 22.4. The van der Waals surface area contributed by atoms with Crippen LogP contribution in [0.4, 0.5) is 0 Å². The minimum Gasteiger partial charge on any atom is -0.418 e. The van der Waals surface area contributed by atoms with Gasteiger partial charge in [0.15, 0.2) is 0 Å². The Labute approximate surface area is 117 Å². The maximum atomic E-state index is 11.2. The molecule has 1 aliphatic carbocycles. The van der Waals surface area contributed by atoms with Crippen LogP contribution in [0.15, 0.2) is 48.6 Å². The second-order valence-electron chi connectivity index (χ2n) is 4.56. The van der Waals surface area contributed by atoms with Crippen molar-refractivity contribution < 1.29 is 19.1 Å². The third kappa shape index (κ3) is 3.35. The molecule has 0 atom stereocenters. The van der Waals surface area contributed by atoms with Gasteiger partial charge in [-0.3, -0.25) is 9.59 Å². The van der Waals surface area contributed by atoms with Crippen LogP contribution in [0, 0.1) is 0 Å². The lowest BCUT2D eigenvalue weighted by molar-refractivity contribution is -0.208. The first-order valence-electron chi connectivity index (χ1n) is 6.35. The molecule has 0 saturated heterocycles. The van der Waals surface area contributed by atoms with Crippen molar-refractivity contribution in [3.63, 3.8) is 0 Å². The summed E-state index contributed by atoms with van der Waals surface area (Å²) >= 11 is 0. The molecular formula is C16H16O4. The van der Waals surface area contributed by atoms with Gasteiger partial charge in [0.25, 0.3) is 5.79 Å². The normalized spacial score (nSPS) is 16.2. The van der Waals surface area contributed by atoms with Gasteiger partial charge in [-0.05, 0) is 11.1 Å². The minimum absolute atomic E-state index is 0.298. The van der Waals surface area contributed by atoms with Crippen molar-refractivity contribution >= 4 is 17.5 Å². The van der Waals surface area contributed by atoms with E-state index in [-0.39, 0.29) is 0 Å². The molecule has 0 saturated carbocycles. The fraction of sp³-hybridized carbons (Fsp3) is 0.250.